The molecule has 0 aliphatic rings. The minimum Gasteiger partial charge on any atom is -0.481 e. The summed E-state index contributed by atoms with van der Waals surface area (Å²) in [5.41, 5.74) is -0.362. The summed E-state index contributed by atoms with van der Waals surface area (Å²) in [7, 11) is 0. The summed E-state index contributed by atoms with van der Waals surface area (Å²) in [5, 5.41) is 5.10. The molecule has 0 saturated heterocycles. The van der Waals surface area contributed by atoms with Gasteiger partial charge in [-0.2, -0.15) is 0 Å². The lowest BCUT2D eigenvalue weighted by Gasteiger charge is -2.20. The fraction of sp³-hybridized carbons (Fsp3) is 0.429. The molecule has 0 aromatic heterocycles. The molecule has 1 aromatic rings. The fourth-order valence-electron chi connectivity index (χ4n) is 1.43. The normalized spacial score (nSPS) is 10.9. The Morgan fingerprint density at radius 2 is 1.95 bits per heavy atom. The first kappa shape index (κ1) is 17.4. The Hall–Kier alpha value is -1.63. The van der Waals surface area contributed by atoms with Gasteiger partial charge in [0.25, 0.3) is 5.91 Å². The van der Waals surface area contributed by atoms with E-state index in [4.69, 9.17) is 4.74 Å². The molecule has 1 rings (SSSR count). The number of benzene rings is 1. The Balaban J connectivity index is 2.36. The molecule has 7 heteroatoms. The van der Waals surface area contributed by atoms with Crippen molar-refractivity contribution < 1.29 is 18.7 Å². The van der Waals surface area contributed by atoms with E-state index in [1.165, 1.54) is 12.1 Å². The number of amides is 2. The second-order valence-corrected chi connectivity index (χ2v) is 6.35. The maximum absolute atomic E-state index is 13.4. The summed E-state index contributed by atoms with van der Waals surface area (Å²) < 4.78 is 19.1. The Morgan fingerprint density at radius 3 is 2.52 bits per heavy atom. The predicted molar refractivity (Wildman–Crippen MR) is 80.5 cm³/mol. The fourth-order valence-corrected chi connectivity index (χ4v) is 1.76. The van der Waals surface area contributed by atoms with Crippen molar-refractivity contribution in [3.8, 4) is 5.75 Å². The summed E-state index contributed by atoms with van der Waals surface area (Å²) in [5.74, 6) is -1.39. The average Bonchev–Trinajstić information content (AvgIpc) is 2.33. The van der Waals surface area contributed by atoms with Crippen LogP contribution in [-0.2, 0) is 9.59 Å². The van der Waals surface area contributed by atoms with Crippen LogP contribution < -0.4 is 15.4 Å². The van der Waals surface area contributed by atoms with Crippen LogP contribution in [0.4, 0.5) is 4.39 Å². The summed E-state index contributed by atoms with van der Waals surface area (Å²) in [4.78, 5) is 23.0. The molecule has 0 fully saturated rings. The van der Waals surface area contributed by atoms with E-state index in [1.807, 2.05) is 20.8 Å². The quantitative estimate of drug-likeness (QED) is 0.843. The van der Waals surface area contributed by atoms with Crippen LogP contribution >= 0.6 is 15.9 Å². The van der Waals surface area contributed by atoms with Crippen LogP contribution in [0.3, 0.4) is 0 Å². The van der Waals surface area contributed by atoms with Crippen LogP contribution in [0.25, 0.3) is 0 Å². The maximum atomic E-state index is 13.4. The van der Waals surface area contributed by atoms with Crippen LogP contribution in [0.1, 0.15) is 20.8 Å². The molecule has 0 unspecified atom stereocenters. The number of nitrogens with one attached hydrogen (secondary N) is 2. The van der Waals surface area contributed by atoms with Crippen molar-refractivity contribution in [2.24, 2.45) is 0 Å². The van der Waals surface area contributed by atoms with Gasteiger partial charge in [-0.15, -0.1) is 0 Å². The molecule has 0 saturated carbocycles. The van der Waals surface area contributed by atoms with Gasteiger partial charge in [0.15, 0.2) is 18.2 Å². The molecule has 1 aromatic carbocycles. The predicted octanol–water partition coefficient (Wildman–Crippen LogP) is 2.00. The SMILES string of the molecule is CC(C)(C)NC(=O)CNC(=O)COc1ccc(Br)cc1F. The van der Waals surface area contributed by atoms with Crippen LogP contribution in [0.5, 0.6) is 5.75 Å². The van der Waals surface area contributed by atoms with Gasteiger partial charge >= 0.3 is 0 Å². The molecule has 2 N–H and O–H groups in total. The van der Waals surface area contributed by atoms with Crippen molar-refractivity contribution in [3.63, 3.8) is 0 Å². The lowest BCUT2D eigenvalue weighted by atomic mass is 10.1. The molecule has 2 amide bonds. The van der Waals surface area contributed by atoms with E-state index in [-0.39, 0.29) is 30.3 Å². The van der Waals surface area contributed by atoms with Crippen LogP contribution in [-0.4, -0.2) is 30.5 Å². The van der Waals surface area contributed by atoms with E-state index in [9.17, 15) is 14.0 Å². The lowest BCUT2D eigenvalue weighted by Crippen LogP contribution is -2.46. The highest BCUT2D eigenvalue weighted by molar-refractivity contribution is 9.10. The maximum Gasteiger partial charge on any atom is 0.258 e. The van der Waals surface area contributed by atoms with Gasteiger partial charge in [0.1, 0.15) is 0 Å². The van der Waals surface area contributed by atoms with E-state index >= 15 is 0 Å². The minimum atomic E-state index is -0.567. The first-order valence-corrected chi connectivity index (χ1v) is 7.12. The number of hydrogen-bond donors (Lipinski definition) is 2. The Morgan fingerprint density at radius 1 is 1.29 bits per heavy atom. The topological polar surface area (TPSA) is 67.4 Å². The van der Waals surface area contributed by atoms with E-state index in [0.29, 0.717) is 4.47 Å². The highest BCUT2D eigenvalue weighted by Gasteiger charge is 2.14. The van der Waals surface area contributed by atoms with Crippen molar-refractivity contribution in [1.82, 2.24) is 10.6 Å². The van der Waals surface area contributed by atoms with E-state index < -0.39 is 11.7 Å². The van der Waals surface area contributed by atoms with Crippen LogP contribution in [0.15, 0.2) is 22.7 Å². The van der Waals surface area contributed by atoms with Crippen molar-refractivity contribution in [3.05, 3.63) is 28.5 Å². The molecule has 0 heterocycles. The zero-order valence-corrected chi connectivity index (χ0v) is 13.7. The Kier molecular flexibility index (Phi) is 6.14. The summed E-state index contributed by atoms with van der Waals surface area (Å²) in [6.07, 6.45) is 0. The third-order valence-corrected chi connectivity index (χ3v) is 2.71. The summed E-state index contributed by atoms with van der Waals surface area (Å²) in [6.45, 7) is 5.01. The molecular formula is C14H18BrFN2O3. The van der Waals surface area contributed by atoms with Crippen molar-refractivity contribution >= 4 is 27.7 Å². The van der Waals surface area contributed by atoms with Crippen LogP contribution in [0.2, 0.25) is 0 Å². The summed E-state index contributed by atoms with van der Waals surface area (Å²) >= 11 is 3.12. The number of carbonyl (C=O) groups is 2. The lowest BCUT2D eigenvalue weighted by molar-refractivity contribution is -0.127. The largest absolute Gasteiger partial charge is 0.481 e. The van der Waals surface area contributed by atoms with Crippen molar-refractivity contribution in [2.75, 3.05) is 13.2 Å². The number of carbonyl (C=O) groups excluding carboxylic acids is 2. The molecule has 0 aliphatic carbocycles. The second kappa shape index (κ2) is 7.40. The molecular weight excluding hydrogens is 343 g/mol. The smallest absolute Gasteiger partial charge is 0.258 e. The molecule has 0 atom stereocenters. The highest BCUT2D eigenvalue weighted by atomic mass is 79.9. The van der Waals surface area contributed by atoms with Gasteiger partial charge in [0.05, 0.1) is 6.54 Å². The number of ether oxygens (including phenoxy) is 1. The first-order valence-electron chi connectivity index (χ1n) is 6.33. The van der Waals surface area contributed by atoms with Gasteiger partial charge in [-0.25, -0.2) is 4.39 Å². The molecule has 0 spiro atoms. The van der Waals surface area contributed by atoms with E-state index in [1.54, 1.807) is 6.07 Å². The van der Waals surface area contributed by atoms with E-state index in [0.717, 1.165) is 0 Å². The van der Waals surface area contributed by atoms with Gasteiger partial charge in [0.2, 0.25) is 5.91 Å². The zero-order valence-electron chi connectivity index (χ0n) is 12.1. The van der Waals surface area contributed by atoms with E-state index in [2.05, 4.69) is 26.6 Å². The Labute approximate surface area is 131 Å². The van der Waals surface area contributed by atoms with Gasteiger partial charge < -0.3 is 15.4 Å². The Bertz CT molecular complexity index is 529. The monoisotopic (exact) mass is 360 g/mol. The zero-order chi connectivity index (χ0) is 16.0. The first-order chi connectivity index (χ1) is 9.67. The molecule has 5 nitrogen and oxygen atoms in total. The third kappa shape index (κ3) is 7.08. The van der Waals surface area contributed by atoms with Crippen molar-refractivity contribution in [2.45, 2.75) is 26.3 Å². The van der Waals surface area contributed by atoms with Gasteiger partial charge in [-0.1, -0.05) is 15.9 Å². The van der Waals surface area contributed by atoms with Crippen molar-refractivity contribution in [1.29, 1.82) is 0 Å². The average molecular weight is 361 g/mol. The molecule has 0 aliphatic heterocycles. The molecule has 0 bridgehead atoms. The molecule has 21 heavy (non-hydrogen) atoms. The minimum absolute atomic E-state index is 0.0208. The third-order valence-electron chi connectivity index (χ3n) is 2.21. The van der Waals surface area contributed by atoms with Gasteiger partial charge in [-0.05, 0) is 39.0 Å². The number of rotatable bonds is 5. The second-order valence-electron chi connectivity index (χ2n) is 5.44. The highest BCUT2D eigenvalue weighted by Crippen LogP contribution is 2.21. The molecule has 116 valence electrons. The number of hydrogen-bond acceptors (Lipinski definition) is 3. The summed E-state index contributed by atoms with van der Waals surface area (Å²) in [6, 6.07) is 4.26. The van der Waals surface area contributed by atoms with Crippen LogP contribution in [0, 0.1) is 5.82 Å². The standard InChI is InChI=1S/C14H18BrFN2O3/c1-14(2,3)18-12(19)7-17-13(20)8-21-11-5-4-9(15)6-10(11)16/h4-6H,7-8H2,1-3H3,(H,17,20)(H,18,19). The van der Waals surface area contributed by atoms with Gasteiger partial charge in [-0.3, -0.25) is 9.59 Å². The van der Waals surface area contributed by atoms with Gasteiger partial charge in [0, 0.05) is 10.0 Å². The number of halogens is 2. The molecule has 0 radical (unpaired) electrons.